The van der Waals surface area contributed by atoms with E-state index in [0.717, 1.165) is 11.3 Å². The Bertz CT molecular complexity index is 674. The predicted molar refractivity (Wildman–Crippen MR) is 80.9 cm³/mol. The Hall–Kier alpha value is -1.94. The van der Waals surface area contributed by atoms with E-state index < -0.39 is 6.04 Å². The molecule has 4 heteroatoms. The Morgan fingerprint density at radius 1 is 1.15 bits per heavy atom. The van der Waals surface area contributed by atoms with Gasteiger partial charge >= 0.3 is 0 Å². The van der Waals surface area contributed by atoms with Crippen molar-refractivity contribution in [1.29, 1.82) is 0 Å². The Morgan fingerprint density at radius 3 is 2.45 bits per heavy atom. The third kappa shape index (κ3) is 2.80. The molecule has 0 saturated heterocycles. The lowest BCUT2D eigenvalue weighted by Gasteiger charge is -2.14. The predicted octanol–water partition coefficient (Wildman–Crippen LogP) is 2.56. The zero-order valence-corrected chi connectivity index (χ0v) is 12.4. The zero-order valence-electron chi connectivity index (χ0n) is 12.4. The molecule has 2 aromatic rings. The minimum absolute atomic E-state index is 0.222. The fourth-order valence-corrected chi connectivity index (χ4v) is 2.10. The number of nitrogens with zero attached hydrogens (tertiary/aromatic N) is 1. The molecule has 1 heterocycles. The van der Waals surface area contributed by atoms with Gasteiger partial charge in [-0.2, -0.15) is 5.10 Å². The smallest absolute Gasteiger partial charge is 0.269 e. The van der Waals surface area contributed by atoms with Crippen LogP contribution in [-0.2, 0) is 0 Å². The van der Waals surface area contributed by atoms with E-state index in [4.69, 9.17) is 5.73 Å². The maximum atomic E-state index is 12.0. The molecule has 0 saturated carbocycles. The molecule has 0 radical (unpaired) electrons. The second-order valence-electron chi connectivity index (χ2n) is 5.55. The van der Waals surface area contributed by atoms with Gasteiger partial charge in [0.05, 0.1) is 11.7 Å². The Balaban J connectivity index is 2.46. The van der Waals surface area contributed by atoms with Gasteiger partial charge in [0.15, 0.2) is 0 Å². The number of aromatic amines is 1. The molecule has 4 nitrogen and oxygen atoms in total. The first kappa shape index (κ1) is 14.5. The van der Waals surface area contributed by atoms with Crippen LogP contribution in [0.15, 0.2) is 29.1 Å². The summed E-state index contributed by atoms with van der Waals surface area (Å²) >= 11 is 0. The largest absolute Gasteiger partial charge is 0.320 e. The van der Waals surface area contributed by atoms with Crippen molar-refractivity contribution in [3.05, 3.63) is 62.6 Å². The molecule has 0 fully saturated rings. The molecule has 0 amide bonds. The summed E-state index contributed by atoms with van der Waals surface area (Å²) in [5.74, 6) is 0.248. The van der Waals surface area contributed by atoms with E-state index in [-0.39, 0.29) is 11.5 Å². The van der Waals surface area contributed by atoms with Crippen molar-refractivity contribution in [3.8, 4) is 0 Å². The van der Waals surface area contributed by atoms with Crippen molar-refractivity contribution < 1.29 is 0 Å². The highest BCUT2D eigenvalue weighted by Crippen LogP contribution is 2.21. The van der Waals surface area contributed by atoms with Crippen LogP contribution in [0.4, 0.5) is 0 Å². The first-order valence-electron chi connectivity index (χ1n) is 6.82. The van der Waals surface area contributed by atoms with E-state index in [0.29, 0.717) is 5.56 Å². The molecule has 3 N–H and O–H groups in total. The van der Waals surface area contributed by atoms with Gasteiger partial charge in [0.25, 0.3) is 5.56 Å². The van der Waals surface area contributed by atoms with Gasteiger partial charge in [-0.05, 0) is 42.5 Å². The van der Waals surface area contributed by atoms with E-state index in [1.54, 1.807) is 0 Å². The van der Waals surface area contributed by atoms with Crippen molar-refractivity contribution in [1.82, 2.24) is 10.2 Å². The topological polar surface area (TPSA) is 71.8 Å². The molecule has 0 spiro atoms. The summed E-state index contributed by atoms with van der Waals surface area (Å²) in [7, 11) is 0. The number of benzene rings is 1. The lowest BCUT2D eigenvalue weighted by atomic mass is 9.96. The summed E-state index contributed by atoms with van der Waals surface area (Å²) in [4.78, 5) is 12.0. The minimum atomic E-state index is -0.432. The molecule has 0 aliphatic carbocycles. The van der Waals surface area contributed by atoms with Crippen LogP contribution in [0, 0.1) is 13.8 Å². The molecule has 1 unspecified atom stereocenters. The SMILES string of the molecule is Cc1ccc(C(N)c2cc(C(C)C)n[nH]c2=O)cc1C. The maximum Gasteiger partial charge on any atom is 0.269 e. The molecule has 1 aromatic heterocycles. The van der Waals surface area contributed by atoms with Gasteiger partial charge in [0.1, 0.15) is 0 Å². The minimum Gasteiger partial charge on any atom is -0.320 e. The summed E-state index contributed by atoms with van der Waals surface area (Å²) in [5, 5.41) is 6.59. The molecule has 0 aliphatic heterocycles. The van der Waals surface area contributed by atoms with Crippen molar-refractivity contribution in [2.24, 2.45) is 5.73 Å². The number of rotatable bonds is 3. The van der Waals surface area contributed by atoms with Gasteiger partial charge in [0.2, 0.25) is 0 Å². The van der Waals surface area contributed by atoms with Crippen molar-refractivity contribution in [2.45, 2.75) is 39.7 Å². The van der Waals surface area contributed by atoms with Gasteiger partial charge in [0, 0.05) is 5.56 Å². The monoisotopic (exact) mass is 271 g/mol. The fraction of sp³-hybridized carbons (Fsp3) is 0.375. The van der Waals surface area contributed by atoms with E-state index in [9.17, 15) is 4.79 Å². The molecule has 106 valence electrons. The molecule has 0 aliphatic rings. The fourth-order valence-electron chi connectivity index (χ4n) is 2.10. The summed E-state index contributed by atoms with van der Waals surface area (Å²) in [6.45, 7) is 8.17. The van der Waals surface area contributed by atoms with Crippen LogP contribution in [0.5, 0.6) is 0 Å². The highest BCUT2D eigenvalue weighted by Gasteiger charge is 2.15. The van der Waals surface area contributed by atoms with Gasteiger partial charge in [-0.15, -0.1) is 0 Å². The standard InChI is InChI=1S/C16H21N3O/c1-9(2)14-8-13(16(20)19-18-14)15(17)12-6-5-10(3)11(4)7-12/h5-9,15H,17H2,1-4H3,(H,19,20). The molecule has 1 atom stereocenters. The average molecular weight is 271 g/mol. The van der Waals surface area contributed by atoms with Gasteiger partial charge in [-0.3, -0.25) is 4.79 Å². The van der Waals surface area contributed by atoms with Crippen LogP contribution >= 0.6 is 0 Å². The summed E-state index contributed by atoms with van der Waals surface area (Å²) < 4.78 is 0. The number of nitrogens with two attached hydrogens (primary N) is 1. The lowest BCUT2D eigenvalue weighted by molar-refractivity contribution is 0.747. The normalized spacial score (nSPS) is 12.7. The lowest BCUT2D eigenvalue weighted by Crippen LogP contribution is -2.24. The quantitative estimate of drug-likeness (QED) is 0.901. The van der Waals surface area contributed by atoms with Crippen LogP contribution in [-0.4, -0.2) is 10.2 Å². The van der Waals surface area contributed by atoms with Crippen LogP contribution < -0.4 is 11.3 Å². The molecule has 0 bridgehead atoms. The Morgan fingerprint density at radius 2 is 1.85 bits per heavy atom. The molecule has 20 heavy (non-hydrogen) atoms. The summed E-state index contributed by atoms with van der Waals surface area (Å²) in [6.07, 6.45) is 0. The highest BCUT2D eigenvalue weighted by molar-refractivity contribution is 5.36. The number of aryl methyl sites for hydroxylation is 2. The first-order valence-corrected chi connectivity index (χ1v) is 6.82. The van der Waals surface area contributed by atoms with E-state index >= 15 is 0 Å². The van der Waals surface area contributed by atoms with E-state index in [1.165, 1.54) is 11.1 Å². The highest BCUT2D eigenvalue weighted by atomic mass is 16.1. The maximum absolute atomic E-state index is 12.0. The van der Waals surface area contributed by atoms with Crippen molar-refractivity contribution >= 4 is 0 Å². The van der Waals surface area contributed by atoms with Crippen LogP contribution in [0.25, 0.3) is 0 Å². The van der Waals surface area contributed by atoms with Gasteiger partial charge < -0.3 is 5.73 Å². The van der Waals surface area contributed by atoms with Crippen LogP contribution in [0.2, 0.25) is 0 Å². The number of aromatic nitrogens is 2. The van der Waals surface area contributed by atoms with E-state index in [1.807, 2.05) is 45.0 Å². The first-order chi connectivity index (χ1) is 9.40. The zero-order chi connectivity index (χ0) is 14.9. The van der Waals surface area contributed by atoms with E-state index in [2.05, 4.69) is 17.1 Å². The molecule has 2 rings (SSSR count). The summed E-state index contributed by atoms with van der Waals surface area (Å²) in [5.41, 5.74) is 10.8. The third-order valence-electron chi connectivity index (χ3n) is 3.67. The van der Waals surface area contributed by atoms with Crippen LogP contribution in [0.1, 0.15) is 53.8 Å². The number of hydrogen-bond donors (Lipinski definition) is 2. The van der Waals surface area contributed by atoms with Crippen molar-refractivity contribution in [3.63, 3.8) is 0 Å². The number of nitrogens with one attached hydrogen (secondary N) is 1. The molecular formula is C16H21N3O. The number of H-pyrrole nitrogens is 1. The third-order valence-corrected chi connectivity index (χ3v) is 3.67. The second kappa shape index (κ2) is 5.59. The second-order valence-corrected chi connectivity index (χ2v) is 5.55. The van der Waals surface area contributed by atoms with Crippen molar-refractivity contribution in [2.75, 3.05) is 0 Å². The van der Waals surface area contributed by atoms with Gasteiger partial charge in [-0.25, -0.2) is 5.10 Å². The summed E-state index contributed by atoms with van der Waals surface area (Å²) in [6, 6.07) is 7.42. The number of hydrogen-bond acceptors (Lipinski definition) is 3. The average Bonchev–Trinajstić information content (AvgIpc) is 2.41. The Kier molecular flexibility index (Phi) is 4.04. The molecular weight excluding hydrogens is 250 g/mol. The van der Waals surface area contributed by atoms with Gasteiger partial charge in [-0.1, -0.05) is 32.0 Å². The van der Waals surface area contributed by atoms with Crippen LogP contribution in [0.3, 0.4) is 0 Å². The molecule has 1 aromatic carbocycles. The Labute approximate surface area is 119 Å².